The van der Waals surface area contributed by atoms with Crippen molar-refractivity contribution in [3.8, 4) is 0 Å². The van der Waals surface area contributed by atoms with Crippen LogP contribution in [0.2, 0.25) is 0 Å². The van der Waals surface area contributed by atoms with Crippen LogP contribution < -0.4 is 4.90 Å². The first kappa shape index (κ1) is 16.4. The molecule has 1 amide bonds. The minimum absolute atomic E-state index is 0.274. The summed E-state index contributed by atoms with van der Waals surface area (Å²) >= 11 is 3.27. The third-order valence-corrected chi connectivity index (χ3v) is 4.07. The summed E-state index contributed by atoms with van der Waals surface area (Å²) in [5.41, 5.74) is 1.33. The predicted molar refractivity (Wildman–Crippen MR) is 92.6 cm³/mol. The molecule has 0 spiro atoms. The fourth-order valence-corrected chi connectivity index (χ4v) is 2.74. The van der Waals surface area contributed by atoms with E-state index in [-0.39, 0.29) is 5.78 Å². The Hall–Kier alpha value is -2.47. The van der Waals surface area contributed by atoms with Crippen LogP contribution in [0.1, 0.15) is 15.9 Å². The van der Waals surface area contributed by atoms with Crippen LogP contribution in [0.3, 0.4) is 0 Å². The van der Waals surface area contributed by atoms with Gasteiger partial charge in [-0.15, -0.1) is 0 Å². The number of amides is 1. The number of allylic oxidation sites excluding steroid dienone is 1. The van der Waals surface area contributed by atoms with E-state index in [2.05, 4.69) is 15.9 Å². The Balaban J connectivity index is 1.81. The van der Waals surface area contributed by atoms with E-state index >= 15 is 0 Å². The van der Waals surface area contributed by atoms with Gasteiger partial charge in [-0.1, -0.05) is 28.1 Å². The Morgan fingerprint density at radius 3 is 2.83 bits per heavy atom. The number of cyclic esters (lactones) is 1. The highest BCUT2D eigenvalue weighted by atomic mass is 79.9. The van der Waals surface area contributed by atoms with Gasteiger partial charge in [0.2, 0.25) is 0 Å². The normalized spacial score (nSPS) is 14.2. The average molecular weight is 390 g/mol. The summed E-state index contributed by atoms with van der Waals surface area (Å²) in [5, 5.41) is 0. The molecule has 24 heavy (non-hydrogen) atoms. The molecule has 0 saturated carbocycles. The lowest BCUT2D eigenvalue weighted by Crippen LogP contribution is -2.23. The second kappa shape index (κ2) is 6.97. The second-order valence-electron chi connectivity index (χ2n) is 5.18. The van der Waals surface area contributed by atoms with Crippen molar-refractivity contribution in [2.45, 2.75) is 0 Å². The van der Waals surface area contributed by atoms with Gasteiger partial charge in [-0.3, -0.25) is 9.69 Å². The summed E-state index contributed by atoms with van der Waals surface area (Å²) in [6, 6.07) is 11.2. The van der Waals surface area contributed by atoms with Crippen LogP contribution in [0.15, 0.2) is 53.0 Å². The number of hydrogen-bond acceptors (Lipinski definition) is 3. The monoisotopic (exact) mass is 389 g/mol. The third kappa shape index (κ3) is 3.54. The molecule has 0 unspecified atom stereocenters. The van der Waals surface area contributed by atoms with Gasteiger partial charge in [-0.05, 0) is 42.5 Å². The Morgan fingerprint density at radius 1 is 1.25 bits per heavy atom. The van der Waals surface area contributed by atoms with Crippen molar-refractivity contribution in [3.05, 3.63) is 70.0 Å². The third-order valence-electron chi connectivity index (χ3n) is 3.58. The minimum Gasteiger partial charge on any atom is -0.447 e. The number of hydrogen-bond donors (Lipinski definition) is 0. The lowest BCUT2D eigenvalue weighted by molar-refractivity contribution is 0.104. The van der Waals surface area contributed by atoms with Crippen LogP contribution in [0.4, 0.5) is 14.9 Å². The number of carbonyl (C=O) groups excluding carboxylic acids is 2. The molecule has 0 bridgehead atoms. The molecule has 0 atom stereocenters. The molecule has 1 heterocycles. The van der Waals surface area contributed by atoms with Gasteiger partial charge in [0.25, 0.3) is 0 Å². The smallest absolute Gasteiger partial charge is 0.414 e. The second-order valence-corrected chi connectivity index (χ2v) is 6.10. The fraction of sp³-hybridized carbons (Fsp3) is 0.111. The number of benzene rings is 2. The summed E-state index contributed by atoms with van der Waals surface area (Å²) in [4.78, 5) is 25.4. The van der Waals surface area contributed by atoms with Gasteiger partial charge in [0.15, 0.2) is 5.78 Å². The van der Waals surface area contributed by atoms with Gasteiger partial charge in [-0.2, -0.15) is 0 Å². The molecule has 3 rings (SSSR count). The molecule has 2 aromatic carbocycles. The molecule has 4 nitrogen and oxygen atoms in total. The maximum Gasteiger partial charge on any atom is 0.414 e. The summed E-state index contributed by atoms with van der Waals surface area (Å²) in [7, 11) is 0. The Bertz CT molecular complexity index is 835. The first-order valence-corrected chi connectivity index (χ1v) is 8.06. The average Bonchev–Trinajstić information content (AvgIpc) is 3.01. The van der Waals surface area contributed by atoms with Gasteiger partial charge in [0, 0.05) is 21.3 Å². The summed E-state index contributed by atoms with van der Waals surface area (Å²) in [5.74, 6) is -0.681. The molecule has 0 aliphatic carbocycles. The van der Waals surface area contributed by atoms with Crippen molar-refractivity contribution in [1.82, 2.24) is 0 Å². The van der Waals surface area contributed by atoms with E-state index in [4.69, 9.17) is 4.74 Å². The maximum absolute atomic E-state index is 13.7. The highest BCUT2D eigenvalue weighted by molar-refractivity contribution is 9.10. The maximum atomic E-state index is 13.7. The SMILES string of the molecule is O=C(C=Cc1cc(Br)ccc1F)c1cccc(N2CCOC2=O)c1. The highest BCUT2D eigenvalue weighted by Gasteiger charge is 2.23. The zero-order chi connectivity index (χ0) is 17.1. The van der Waals surface area contributed by atoms with Crippen LogP contribution >= 0.6 is 15.9 Å². The van der Waals surface area contributed by atoms with Crippen LogP contribution in [0.5, 0.6) is 0 Å². The molecular weight excluding hydrogens is 377 g/mol. The number of carbonyl (C=O) groups is 2. The van der Waals surface area contributed by atoms with Gasteiger partial charge in [-0.25, -0.2) is 9.18 Å². The van der Waals surface area contributed by atoms with E-state index in [0.29, 0.717) is 30.0 Å². The first-order valence-electron chi connectivity index (χ1n) is 7.26. The molecule has 1 aliphatic heterocycles. The lowest BCUT2D eigenvalue weighted by Gasteiger charge is -2.13. The standard InChI is InChI=1S/C18H13BrFNO3/c19-14-5-6-16(20)12(10-14)4-7-17(22)13-2-1-3-15(11-13)21-8-9-24-18(21)23/h1-7,10-11H,8-9H2. The van der Waals surface area contributed by atoms with Gasteiger partial charge >= 0.3 is 6.09 Å². The summed E-state index contributed by atoms with van der Waals surface area (Å²) in [6.45, 7) is 0.786. The van der Waals surface area contributed by atoms with Crippen molar-refractivity contribution < 1.29 is 18.7 Å². The number of anilines is 1. The first-order chi connectivity index (χ1) is 11.5. The molecule has 0 aromatic heterocycles. The zero-order valence-corrected chi connectivity index (χ0v) is 14.1. The molecule has 1 saturated heterocycles. The minimum atomic E-state index is -0.425. The van der Waals surface area contributed by atoms with E-state index in [0.717, 1.165) is 4.47 Å². The van der Waals surface area contributed by atoms with E-state index in [1.807, 2.05) is 0 Å². The van der Waals surface area contributed by atoms with Gasteiger partial charge < -0.3 is 4.74 Å². The van der Waals surface area contributed by atoms with E-state index in [9.17, 15) is 14.0 Å². The Labute approximate surface area is 146 Å². The van der Waals surface area contributed by atoms with Gasteiger partial charge in [0.05, 0.1) is 6.54 Å². The number of halogens is 2. The Kier molecular flexibility index (Phi) is 4.76. The van der Waals surface area contributed by atoms with Gasteiger partial charge in [0.1, 0.15) is 12.4 Å². The highest BCUT2D eigenvalue weighted by Crippen LogP contribution is 2.21. The molecule has 0 N–H and O–H groups in total. The van der Waals surface area contributed by atoms with E-state index in [1.54, 1.807) is 36.4 Å². The van der Waals surface area contributed by atoms with Crippen LogP contribution in [0.25, 0.3) is 6.08 Å². The van der Waals surface area contributed by atoms with Crippen molar-refractivity contribution in [2.24, 2.45) is 0 Å². The molecule has 0 radical (unpaired) electrons. The lowest BCUT2D eigenvalue weighted by atomic mass is 10.1. The summed E-state index contributed by atoms with van der Waals surface area (Å²) < 4.78 is 19.3. The van der Waals surface area contributed by atoms with E-state index in [1.165, 1.54) is 23.1 Å². The van der Waals surface area contributed by atoms with Crippen molar-refractivity contribution in [1.29, 1.82) is 0 Å². The Morgan fingerprint density at radius 2 is 2.08 bits per heavy atom. The number of ether oxygens (including phenoxy) is 1. The largest absolute Gasteiger partial charge is 0.447 e. The number of rotatable bonds is 4. The predicted octanol–water partition coefficient (Wildman–Crippen LogP) is 4.44. The quantitative estimate of drug-likeness (QED) is 0.573. The zero-order valence-electron chi connectivity index (χ0n) is 12.5. The van der Waals surface area contributed by atoms with Crippen LogP contribution in [0, 0.1) is 5.82 Å². The molecule has 1 fully saturated rings. The number of ketones is 1. The van der Waals surface area contributed by atoms with E-state index < -0.39 is 11.9 Å². The van der Waals surface area contributed by atoms with Crippen molar-refractivity contribution in [3.63, 3.8) is 0 Å². The van der Waals surface area contributed by atoms with Crippen LogP contribution in [-0.4, -0.2) is 25.0 Å². The summed E-state index contributed by atoms with van der Waals surface area (Å²) in [6.07, 6.45) is 2.32. The van der Waals surface area contributed by atoms with Crippen LogP contribution in [-0.2, 0) is 4.74 Å². The molecular formula is C18H13BrFNO3. The molecule has 2 aromatic rings. The van der Waals surface area contributed by atoms with Crippen molar-refractivity contribution in [2.75, 3.05) is 18.1 Å². The number of nitrogens with zero attached hydrogens (tertiary/aromatic N) is 1. The molecule has 1 aliphatic rings. The fourth-order valence-electron chi connectivity index (χ4n) is 2.36. The topological polar surface area (TPSA) is 46.6 Å². The molecule has 6 heteroatoms. The van der Waals surface area contributed by atoms with Crippen molar-refractivity contribution >= 4 is 39.6 Å². The molecule has 122 valence electrons.